The number of ether oxygens (including phenoxy) is 6. The normalized spacial score (nSPS) is 30.2. The molecule has 0 aromatic carbocycles. The van der Waals surface area contributed by atoms with Gasteiger partial charge in [-0.1, -0.05) is 194 Å². The van der Waals surface area contributed by atoms with Gasteiger partial charge in [0.15, 0.2) is 12.6 Å². The molecule has 0 saturated carbocycles. The topological polar surface area (TPSA) is 414 Å². The van der Waals surface area contributed by atoms with E-state index in [0.29, 0.717) is 18.8 Å². The third-order valence-electron chi connectivity index (χ3n) is 17.6. The molecule has 2 amide bonds. The van der Waals surface area contributed by atoms with Gasteiger partial charge in [-0.3, -0.25) is 9.59 Å². The molecule has 25 nitrogen and oxygen atoms in total. The largest absolute Gasteiger partial charge is 0.477 e. The standard InChI is InChI=1S/C62H116N2O23/c1-5-7-8-9-10-11-12-13-14-15-16-17-18-19-20-23-27-30-33-43(67)58(79)63-41(50(72)42(66)32-29-26-24-21-22-25-28-31-39(3)6-2)36-82-60-56(78)54(76)52(74)46(86-60)37-84-62(61(80)81)34-44(68)48(57(87-62)51(73)45(69)35-65)64-47(70)38-83-59-55(77)53(75)49(71)40(4)85-59/h39-46,48-57,59-60,65-69,71-78H,5-38H2,1-4H3,(H,63,79)(H,64,70)(H,80,81)/t39?,40-,41-,42+,43+,44-,45-,46+,48+,49+,50-,51-,52+,53+,54-,55-,56+,57+,59+,60+,62+/m0/s1. The highest BCUT2D eigenvalue weighted by Gasteiger charge is 2.57. The summed E-state index contributed by atoms with van der Waals surface area (Å²) in [6.45, 7) is 4.28. The number of aliphatic hydroxyl groups excluding tert-OH is 13. The average molecular weight is 1260 g/mol. The minimum Gasteiger partial charge on any atom is -0.477 e. The second-order valence-electron chi connectivity index (χ2n) is 25.0. The maximum Gasteiger partial charge on any atom is 0.364 e. The maximum absolute atomic E-state index is 13.5. The Balaban J connectivity index is 1.63. The number of hydrogen-bond acceptors (Lipinski definition) is 22. The van der Waals surface area contributed by atoms with Crippen molar-refractivity contribution < 1.29 is 114 Å². The van der Waals surface area contributed by atoms with Gasteiger partial charge in [0.25, 0.3) is 5.79 Å². The number of unbranched alkanes of at least 4 members (excludes halogenated alkanes) is 23. The number of rotatable bonds is 48. The molecule has 25 heteroatoms. The van der Waals surface area contributed by atoms with E-state index in [0.717, 1.165) is 64.2 Å². The number of amides is 2. The number of nitrogens with one attached hydrogen (secondary N) is 2. The van der Waals surface area contributed by atoms with Crippen LogP contribution < -0.4 is 10.6 Å². The van der Waals surface area contributed by atoms with E-state index in [9.17, 15) is 85.9 Å². The molecule has 3 rings (SSSR count). The summed E-state index contributed by atoms with van der Waals surface area (Å²) >= 11 is 0. The van der Waals surface area contributed by atoms with Crippen LogP contribution in [0.2, 0.25) is 0 Å². The van der Waals surface area contributed by atoms with Crippen molar-refractivity contribution in [3.63, 3.8) is 0 Å². The van der Waals surface area contributed by atoms with E-state index >= 15 is 0 Å². The molecule has 512 valence electrons. The van der Waals surface area contributed by atoms with E-state index in [-0.39, 0.29) is 12.8 Å². The smallest absolute Gasteiger partial charge is 0.364 e. The summed E-state index contributed by atoms with van der Waals surface area (Å²) < 4.78 is 33.6. The Hall–Kier alpha value is -2.35. The zero-order valence-corrected chi connectivity index (χ0v) is 52.5. The van der Waals surface area contributed by atoms with Crippen molar-refractivity contribution in [1.82, 2.24) is 10.6 Å². The van der Waals surface area contributed by atoms with Gasteiger partial charge in [-0.05, 0) is 25.7 Å². The van der Waals surface area contributed by atoms with Crippen LogP contribution in [0.15, 0.2) is 0 Å². The van der Waals surface area contributed by atoms with Crippen LogP contribution in [0.5, 0.6) is 0 Å². The quantitative estimate of drug-likeness (QED) is 0.0389. The maximum atomic E-state index is 13.5. The predicted octanol–water partition coefficient (Wildman–Crippen LogP) is 2.36. The van der Waals surface area contributed by atoms with Gasteiger partial charge in [0.05, 0.1) is 50.2 Å². The van der Waals surface area contributed by atoms with Crippen LogP contribution in [-0.4, -0.2) is 238 Å². The van der Waals surface area contributed by atoms with E-state index in [2.05, 4.69) is 31.4 Å². The van der Waals surface area contributed by atoms with Gasteiger partial charge >= 0.3 is 5.97 Å². The van der Waals surface area contributed by atoms with Crippen LogP contribution in [0.3, 0.4) is 0 Å². The lowest BCUT2D eigenvalue weighted by molar-refractivity contribution is -0.339. The van der Waals surface area contributed by atoms with Crippen molar-refractivity contribution in [1.29, 1.82) is 0 Å². The number of carboxylic acid groups (broad SMARTS) is 1. The first kappa shape index (κ1) is 78.9. The van der Waals surface area contributed by atoms with E-state index in [1.165, 1.54) is 103 Å². The van der Waals surface area contributed by atoms with Crippen molar-refractivity contribution in [2.75, 3.05) is 26.4 Å². The molecular weight excluding hydrogens is 1140 g/mol. The minimum absolute atomic E-state index is 0.121. The zero-order chi connectivity index (χ0) is 64.5. The van der Waals surface area contributed by atoms with E-state index in [1.54, 1.807) is 0 Å². The second kappa shape index (κ2) is 43.5. The summed E-state index contributed by atoms with van der Waals surface area (Å²) in [5.74, 6) is -6.16. The molecule has 0 radical (unpaired) electrons. The van der Waals surface area contributed by atoms with Gasteiger partial charge in [0.2, 0.25) is 11.8 Å². The molecule has 0 aromatic rings. The summed E-state index contributed by atoms with van der Waals surface area (Å²) in [5.41, 5.74) is 0. The predicted molar refractivity (Wildman–Crippen MR) is 318 cm³/mol. The second-order valence-corrected chi connectivity index (χ2v) is 25.0. The lowest BCUT2D eigenvalue weighted by atomic mass is 9.88. The van der Waals surface area contributed by atoms with Crippen LogP contribution in [0, 0.1) is 5.92 Å². The first-order chi connectivity index (χ1) is 41.5. The molecule has 3 aliphatic rings. The van der Waals surface area contributed by atoms with E-state index < -0.39 is 173 Å². The van der Waals surface area contributed by atoms with Gasteiger partial charge in [0.1, 0.15) is 79.9 Å². The van der Waals surface area contributed by atoms with Crippen LogP contribution >= 0.6 is 0 Å². The zero-order valence-electron chi connectivity index (χ0n) is 52.5. The molecule has 16 N–H and O–H groups in total. The number of aliphatic carboxylic acids is 1. The number of carbonyl (C=O) groups excluding carboxylic acids is 2. The molecule has 21 atom stereocenters. The molecule has 3 saturated heterocycles. The average Bonchev–Trinajstić information content (AvgIpc) is 1.35. The van der Waals surface area contributed by atoms with Crippen molar-refractivity contribution in [3.05, 3.63) is 0 Å². The number of carboxylic acids is 1. The Morgan fingerprint density at radius 3 is 1.59 bits per heavy atom. The fraction of sp³-hybridized carbons (Fsp3) is 0.952. The van der Waals surface area contributed by atoms with Gasteiger partial charge in [-0.25, -0.2) is 4.79 Å². The summed E-state index contributed by atoms with van der Waals surface area (Å²) in [6, 6.07) is -3.19. The molecule has 3 heterocycles. The fourth-order valence-corrected chi connectivity index (χ4v) is 11.4. The molecule has 1 unspecified atom stereocenters. The van der Waals surface area contributed by atoms with Crippen molar-refractivity contribution in [3.8, 4) is 0 Å². The summed E-state index contributed by atoms with van der Waals surface area (Å²) in [4.78, 5) is 39.7. The monoisotopic (exact) mass is 1260 g/mol. The summed E-state index contributed by atoms with van der Waals surface area (Å²) in [7, 11) is 0. The number of hydrogen-bond donors (Lipinski definition) is 16. The van der Waals surface area contributed by atoms with Crippen molar-refractivity contribution in [2.24, 2.45) is 5.92 Å². The van der Waals surface area contributed by atoms with Gasteiger partial charge < -0.3 is 111 Å². The highest BCUT2D eigenvalue weighted by molar-refractivity contribution is 5.81. The molecule has 0 aromatic heterocycles. The molecule has 3 fully saturated rings. The Morgan fingerprint density at radius 2 is 1.08 bits per heavy atom. The minimum atomic E-state index is -2.99. The van der Waals surface area contributed by atoms with Gasteiger partial charge in [-0.15, -0.1) is 0 Å². The summed E-state index contributed by atoms with van der Waals surface area (Å²) in [5, 5.41) is 155. The van der Waals surface area contributed by atoms with E-state index in [4.69, 9.17) is 28.4 Å². The molecular formula is C62H116N2O23. The Morgan fingerprint density at radius 1 is 0.598 bits per heavy atom. The molecule has 0 aliphatic carbocycles. The molecule has 3 aliphatic heterocycles. The molecule has 0 bridgehead atoms. The highest BCUT2D eigenvalue weighted by atomic mass is 16.7. The van der Waals surface area contributed by atoms with Crippen LogP contribution in [0.4, 0.5) is 0 Å². The Kier molecular flexibility index (Phi) is 39.4. The SMILES string of the molecule is CCCCCCCCCCCCCCCCCCCC[C@@H](O)C(=O)N[C@@H](CO[C@@H]1O[C@H](CO[C@]2(C(=O)O)C[C@H](O)[C@@H](NC(=O)CO[C@@H]3O[C@@H](C)[C@@H](O)[C@@H](O)[C@@H]3O)[C@H]([C@@H](O)[C@@H](O)CO)O2)[C@@H](O)[C@H](O)[C@H]1O)[C@H](O)[C@H](O)CCCCCCCCCC(C)CC. The highest BCUT2D eigenvalue weighted by Crippen LogP contribution is 2.35. The third-order valence-corrected chi connectivity index (χ3v) is 17.6. The van der Waals surface area contributed by atoms with Crippen molar-refractivity contribution in [2.45, 2.75) is 342 Å². The van der Waals surface area contributed by atoms with Gasteiger partial charge in [-0.2, -0.15) is 0 Å². The third kappa shape index (κ3) is 27.8. The van der Waals surface area contributed by atoms with Crippen LogP contribution in [-0.2, 0) is 42.8 Å². The van der Waals surface area contributed by atoms with Crippen LogP contribution in [0.1, 0.15) is 220 Å². The Labute approximate surface area is 515 Å². The van der Waals surface area contributed by atoms with E-state index in [1.807, 2.05) is 0 Å². The number of aliphatic hydroxyl groups is 13. The first-order valence-electron chi connectivity index (χ1n) is 33.0. The van der Waals surface area contributed by atoms with Crippen molar-refractivity contribution >= 4 is 17.8 Å². The lowest BCUT2D eigenvalue weighted by Gasteiger charge is -2.47. The first-order valence-corrected chi connectivity index (χ1v) is 33.0. The fourth-order valence-electron chi connectivity index (χ4n) is 11.4. The molecule has 87 heavy (non-hydrogen) atoms. The lowest BCUT2D eigenvalue weighted by Crippen LogP contribution is -2.69. The summed E-state index contributed by atoms with van der Waals surface area (Å²) in [6.07, 6.45) is -0.732. The Bertz CT molecular complexity index is 1830. The van der Waals surface area contributed by atoms with Crippen LogP contribution in [0.25, 0.3) is 0 Å². The number of carbonyl (C=O) groups is 3. The van der Waals surface area contributed by atoms with Gasteiger partial charge in [0, 0.05) is 6.42 Å². The molecule has 0 spiro atoms.